The van der Waals surface area contributed by atoms with Crippen molar-refractivity contribution in [1.82, 2.24) is 0 Å². The molecule has 1 N–H and O–H groups in total. The van der Waals surface area contributed by atoms with Crippen LogP contribution in [-0.2, 0) is 9.53 Å². The second-order valence-electron chi connectivity index (χ2n) is 6.16. The van der Waals surface area contributed by atoms with Gasteiger partial charge >= 0.3 is 12.1 Å². The summed E-state index contributed by atoms with van der Waals surface area (Å²) in [5.74, 6) is -1.33. The molecule has 2 bridgehead atoms. The highest BCUT2D eigenvalue weighted by atomic mass is 127. The van der Waals surface area contributed by atoms with Gasteiger partial charge in [-0.1, -0.05) is 29.5 Å². The Hall–Kier alpha value is -0.0500. The first-order valence-corrected chi connectivity index (χ1v) is 8.53. The summed E-state index contributed by atoms with van der Waals surface area (Å²) in [5, 5.41) is 9.99. The number of aliphatic hydroxyl groups is 1. The third-order valence-electron chi connectivity index (χ3n) is 4.84. The second kappa shape index (κ2) is 6.22. The number of ether oxygens (including phenoxy) is 1. The molecule has 2 saturated carbocycles. The van der Waals surface area contributed by atoms with E-state index in [-0.39, 0.29) is 34.8 Å². The van der Waals surface area contributed by atoms with Crippen LogP contribution in [0.5, 0.6) is 0 Å². The lowest BCUT2D eigenvalue weighted by Crippen LogP contribution is -2.51. The Morgan fingerprint density at radius 1 is 1.48 bits per heavy atom. The van der Waals surface area contributed by atoms with Crippen LogP contribution >= 0.6 is 22.6 Å². The summed E-state index contributed by atoms with van der Waals surface area (Å²) in [6.45, 7) is 2.01. The average molecular weight is 420 g/mol. The molecule has 5 unspecified atom stereocenters. The van der Waals surface area contributed by atoms with Gasteiger partial charge in [-0.2, -0.15) is 13.2 Å². The largest absolute Gasteiger partial charge is 0.465 e. The molecule has 0 aromatic carbocycles. The zero-order chi connectivity index (χ0) is 15.8. The van der Waals surface area contributed by atoms with Crippen LogP contribution in [0.4, 0.5) is 13.2 Å². The quantitative estimate of drug-likeness (QED) is 0.421. The molecule has 0 aliphatic heterocycles. The van der Waals surface area contributed by atoms with Gasteiger partial charge in [0.25, 0.3) is 0 Å². The molecule has 2 aliphatic rings. The molecule has 0 aromatic heterocycles. The average Bonchev–Trinajstić information content (AvgIpc) is 2.94. The van der Waals surface area contributed by atoms with Crippen molar-refractivity contribution in [2.24, 2.45) is 17.8 Å². The minimum atomic E-state index is -4.57. The van der Waals surface area contributed by atoms with Gasteiger partial charge in [0, 0.05) is 0 Å². The van der Waals surface area contributed by atoms with Gasteiger partial charge in [-0.05, 0) is 49.9 Å². The molecule has 2 rings (SSSR count). The fourth-order valence-corrected chi connectivity index (χ4v) is 3.98. The first-order chi connectivity index (χ1) is 9.69. The van der Waals surface area contributed by atoms with E-state index in [4.69, 9.17) is 4.74 Å². The van der Waals surface area contributed by atoms with Crippen molar-refractivity contribution in [3.63, 3.8) is 0 Å². The van der Waals surface area contributed by atoms with E-state index in [0.717, 1.165) is 0 Å². The monoisotopic (exact) mass is 420 g/mol. The van der Waals surface area contributed by atoms with E-state index in [9.17, 15) is 23.1 Å². The number of hydrogen-bond acceptors (Lipinski definition) is 3. The van der Waals surface area contributed by atoms with Crippen LogP contribution in [0.15, 0.2) is 0 Å². The van der Waals surface area contributed by atoms with Crippen LogP contribution in [0.3, 0.4) is 0 Å². The summed E-state index contributed by atoms with van der Waals surface area (Å²) in [6, 6.07) is 0. The lowest BCUT2D eigenvalue weighted by atomic mass is 9.75. The first kappa shape index (κ1) is 17.3. The Morgan fingerprint density at radius 3 is 2.67 bits per heavy atom. The number of carbonyl (C=O) groups is 1. The van der Waals surface area contributed by atoms with Crippen molar-refractivity contribution in [3.05, 3.63) is 0 Å². The van der Waals surface area contributed by atoms with E-state index < -0.39 is 17.7 Å². The minimum absolute atomic E-state index is 0.0599. The molecule has 7 heteroatoms. The maximum atomic E-state index is 13.0. The smallest absolute Gasteiger partial charge is 0.417 e. The van der Waals surface area contributed by atoms with E-state index in [1.54, 1.807) is 0 Å². The molecule has 2 aliphatic carbocycles. The predicted octanol–water partition coefficient (Wildman–Crippen LogP) is 3.47. The van der Waals surface area contributed by atoms with Crippen molar-refractivity contribution >= 4 is 28.6 Å². The molecule has 0 radical (unpaired) electrons. The molecular formula is C14H20F3IO3. The number of fused-ring (bicyclic) bond motifs is 2. The standard InChI is InChI=1S/C14H20F3IO3/c1-2-11(18)12(19)21-4-3-9-5-8-6-10(9)13(20,7-8)14(15,16)17/h8-11,20H,2-7H2,1H3. The molecular weight excluding hydrogens is 400 g/mol. The lowest BCUT2D eigenvalue weighted by molar-refractivity contribution is -0.283. The van der Waals surface area contributed by atoms with Crippen molar-refractivity contribution in [2.45, 2.75) is 54.7 Å². The van der Waals surface area contributed by atoms with E-state index in [2.05, 4.69) is 0 Å². The Kier molecular flexibility index (Phi) is 5.12. The van der Waals surface area contributed by atoms with Gasteiger partial charge in [0.1, 0.15) is 3.92 Å². The van der Waals surface area contributed by atoms with Gasteiger partial charge in [0.05, 0.1) is 6.61 Å². The van der Waals surface area contributed by atoms with Gasteiger partial charge in [-0.3, -0.25) is 4.79 Å². The van der Waals surface area contributed by atoms with Gasteiger partial charge in [0.2, 0.25) is 0 Å². The van der Waals surface area contributed by atoms with Crippen LogP contribution in [-0.4, -0.2) is 33.4 Å². The fraction of sp³-hybridized carbons (Fsp3) is 0.929. The van der Waals surface area contributed by atoms with Crippen LogP contribution in [0.25, 0.3) is 0 Å². The summed E-state index contributed by atoms with van der Waals surface area (Å²) in [4.78, 5) is 11.5. The molecule has 122 valence electrons. The second-order valence-corrected chi connectivity index (χ2v) is 7.67. The Labute approximate surface area is 135 Å². The molecule has 5 atom stereocenters. The number of hydrogen-bond donors (Lipinski definition) is 1. The summed E-state index contributed by atoms with van der Waals surface area (Å²) >= 11 is 1.99. The predicted molar refractivity (Wildman–Crippen MR) is 79.0 cm³/mol. The number of carbonyl (C=O) groups excluding carboxylic acids is 1. The molecule has 2 fully saturated rings. The van der Waals surface area contributed by atoms with E-state index in [1.807, 2.05) is 29.5 Å². The zero-order valence-corrected chi connectivity index (χ0v) is 14.0. The maximum Gasteiger partial charge on any atom is 0.417 e. The van der Waals surface area contributed by atoms with Crippen molar-refractivity contribution in [1.29, 1.82) is 0 Å². The first-order valence-electron chi connectivity index (χ1n) is 7.28. The third-order valence-corrected chi connectivity index (χ3v) is 6.23. The summed E-state index contributed by atoms with van der Waals surface area (Å²) in [5.41, 5.74) is -2.54. The minimum Gasteiger partial charge on any atom is -0.465 e. The van der Waals surface area contributed by atoms with Crippen molar-refractivity contribution in [3.8, 4) is 0 Å². The zero-order valence-electron chi connectivity index (χ0n) is 11.8. The van der Waals surface area contributed by atoms with E-state index in [1.165, 1.54) is 0 Å². The topological polar surface area (TPSA) is 46.5 Å². The van der Waals surface area contributed by atoms with Gasteiger partial charge in [-0.25, -0.2) is 0 Å². The SMILES string of the molecule is CCC(I)C(=O)OCCC1CC2CC1C(O)(C(F)(F)F)C2. The molecule has 0 amide bonds. The van der Waals surface area contributed by atoms with Crippen LogP contribution in [0.2, 0.25) is 0 Å². The number of alkyl halides is 4. The van der Waals surface area contributed by atoms with Crippen LogP contribution < -0.4 is 0 Å². The normalized spacial score (nSPS) is 36.8. The molecule has 21 heavy (non-hydrogen) atoms. The molecule has 0 spiro atoms. The third kappa shape index (κ3) is 3.33. The van der Waals surface area contributed by atoms with Crippen LogP contribution in [0, 0.1) is 17.8 Å². The molecule has 3 nitrogen and oxygen atoms in total. The Morgan fingerprint density at radius 2 is 2.14 bits per heavy atom. The highest BCUT2D eigenvalue weighted by Crippen LogP contribution is 2.59. The summed E-state index contributed by atoms with van der Waals surface area (Å²) < 4.78 is 44.0. The van der Waals surface area contributed by atoms with E-state index >= 15 is 0 Å². The number of halogens is 4. The highest BCUT2D eigenvalue weighted by Gasteiger charge is 2.66. The van der Waals surface area contributed by atoms with Gasteiger partial charge < -0.3 is 9.84 Å². The molecule has 0 heterocycles. The Bertz CT molecular complexity index is 401. The molecule has 0 aromatic rings. The number of esters is 1. The lowest BCUT2D eigenvalue weighted by Gasteiger charge is -2.38. The fourth-order valence-electron chi connectivity index (χ4n) is 3.80. The summed E-state index contributed by atoms with van der Waals surface area (Å²) in [6.07, 6.45) is -2.55. The van der Waals surface area contributed by atoms with Gasteiger partial charge in [-0.15, -0.1) is 0 Å². The van der Waals surface area contributed by atoms with Crippen molar-refractivity contribution < 1.29 is 27.8 Å². The number of rotatable bonds is 5. The van der Waals surface area contributed by atoms with Gasteiger partial charge in [0.15, 0.2) is 5.60 Å². The Balaban J connectivity index is 1.88. The maximum absolute atomic E-state index is 13.0. The van der Waals surface area contributed by atoms with E-state index in [0.29, 0.717) is 25.7 Å². The van der Waals surface area contributed by atoms with Crippen LogP contribution in [0.1, 0.15) is 39.0 Å². The highest BCUT2D eigenvalue weighted by molar-refractivity contribution is 14.1. The molecule has 0 saturated heterocycles. The van der Waals surface area contributed by atoms with Crippen molar-refractivity contribution in [2.75, 3.05) is 6.61 Å². The summed E-state index contributed by atoms with van der Waals surface area (Å²) in [7, 11) is 0.